The molecule has 1 aliphatic carbocycles. The molecule has 0 saturated heterocycles. The summed E-state index contributed by atoms with van der Waals surface area (Å²) in [5.41, 5.74) is 3.53. The van der Waals surface area contributed by atoms with Crippen LogP contribution in [0, 0.1) is 16.7 Å². The van der Waals surface area contributed by atoms with Crippen molar-refractivity contribution in [2.24, 2.45) is 5.41 Å². The minimum Gasteiger partial charge on any atom is -0.479 e. The first-order chi connectivity index (χ1) is 14.8. The average Bonchev–Trinajstić information content (AvgIpc) is 3.35. The molecule has 10 heteroatoms. The SMILES string of the molecule is COc1nc(NCC(C)(C)C#N)nn2ccc(C3=Cc4c(ncn4CC(F)F)CC3)c12. The Balaban J connectivity index is 1.71. The summed E-state index contributed by atoms with van der Waals surface area (Å²) in [7, 11) is 1.53. The van der Waals surface area contributed by atoms with Crippen molar-refractivity contribution in [3.8, 4) is 11.9 Å². The third-order valence-electron chi connectivity index (χ3n) is 5.24. The van der Waals surface area contributed by atoms with Crippen LogP contribution in [0.25, 0.3) is 17.2 Å². The van der Waals surface area contributed by atoms with Crippen LogP contribution in [0.4, 0.5) is 14.7 Å². The van der Waals surface area contributed by atoms with Crippen LogP contribution in [0.5, 0.6) is 5.88 Å². The lowest BCUT2D eigenvalue weighted by Crippen LogP contribution is -2.22. The van der Waals surface area contributed by atoms with Crippen molar-refractivity contribution >= 4 is 23.1 Å². The Bertz CT molecular complexity index is 1190. The molecular formula is C21H23F2N7O. The van der Waals surface area contributed by atoms with E-state index in [9.17, 15) is 14.0 Å². The maximum absolute atomic E-state index is 12.9. The number of ether oxygens (including phenoxy) is 1. The van der Waals surface area contributed by atoms with Crippen molar-refractivity contribution in [3.63, 3.8) is 0 Å². The number of aromatic nitrogens is 5. The van der Waals surface area contributed by atoms with E-state index in [1.165, 1.54) is 18.0 Å². The van der Waals surface area contributed by atoms with E-state index in [1.807, 2.05) is 32.2 Å². The van der Waals surface area contributed by atoms with Gasteiger partial charge in [-0.1, -0.05) is 0 Å². The fourth-order valence-electron chi connectivity index (χ4n) is 3.60. The zero-order chi connectivity index (χ0) is 22.2. The van der Waals surface area contributed by atoms with E-state index in [1.54, 1.807) is 4.52 Å². The van der Waals surface area contributed by atoms with Crippen LogP contribution < -0.4 is 10.1 Å². The maximum Gasteiger partial charge on any atom is 0.256 e. The third kappa shape index (κ3) is 4.08. The zero-order valence-electron chi connectivity index (χ0n) is 17.6. The normalized spacial score (nSPS) is 13.8. The smallest absolute Gasteiger partial charge is 0.256 e. The summed E-state index contributed by atoms with van der Waals surface area (Å²) < 4.78 is 34.5. The fourth-order valence-corrected chi connectivity index (χ4v) is 3.60. The summed E-state index contributed by atoms with van der Waals surface area (Å²) in [5, 5.41) is 16.8. The second kappa shape index (κ2) is 7.98. The maximum atomic E-state index is 12.9. The average molecular weight is 427 g/mol. The van der Waals surface area contributed by atoms with E-state index in [2.05, 4.69) is 26.5 Å². The van der Waals surface area contributed by atoms with Crippen LogP contribution in [0.2, 0.25) is 0 Å². The van der Waals surface area contributed by atoms with Gasteiger partial charge < -0.3 is 14.6 Å². The van der Waals surface area contributed by atoms with Crippen molar-refractivity contribution in [2.75, 3.05) is 19.0 Å². The number of methoxy groups -OCH3 is 1. The number of alkyl halides is 2. The number of anilines is 1. The lowest BCUT2D eigenvalue weighted by molar-refractivity contribution is 0.126. The predicted molar refractivity (Wildman–Crippen MR) is 112 cm³/mol. The molecule has 0 radical (unpaired) electrons. The number of allylic oxidation sites excluding steroid dienone is 1. The monoisotopic (exact) mass is 427 g/mol. The Morgan fingerprint density at radius 3 is 2.87 bits per heavy atom. The van der Waals surface area contributed by atoms with Gasteiger partial charge in [0, 0.05) is 18.3 Å². The van der Waals surface area contributed by atoms with Crippen molar-refractivity contribution in [1.82, 2.24) is 24.1 Å². The van der Waals surface area contributed by atoms with Gasteiger partial charge in [0.1, 0.15) is 5.52 Å². The highest BCUT2D eigenvalue weighted by Crippen LogP contribution is 2.35. The zero-order valence-corrected chi connectivity index (χ0v) is 17.6. The molecule has 0 saturated carbocycles. The first kappa shape index (κ1) is 20.8. The van der Waals surface area contributed by atoms with Crippen molar-refractivity contribution < 1.29 is 13.5 Å². The highest BCUT2D eigenvalue weighted by molar-refractivity contribution is 5.91. The quantitative estimate of drug-likeness (QED) is 0.619. The van der Waals surface area contributed by atoms with Gasteiger partial charge in [-0.05, 0) is 44.4 Å². The fraction of sp³-hybridized carbons (Fsp3) is 0.429. The molecule has 1 N–H and O–H groups in total. The molecule has 3 aromatic heterocycles. The number of aryl methyl sites for hydroxylation is 1. The van der Waals surface area contributed by atoms with Crippen LogP contribution in [-0.2, 0) is 13.0 Å². The van der Waals surface area contributed by atoms with Gasteiger partial charge in [0.05, 0.1) is 42.9 Å². The molecule has 3 heterocycles. The van der Waals surface area contributed by atoms with Crippen LogP contribution in [0.3, 0.4) is 0 Å². The number of nitrogens with zero attached hydrogens (tertiary/aromatic N) is 6. The first-order valence-corrected chi connectivity index (χ1v) is 9.93. The van der Waals surface area contributed by atoms with Gasteiger partial charge in [-0.25, -0.2) is 18.3 Å². The van der Waals surface area contributed by atoms with Gasteiger partial charge in [0.15, 0.2) is 0 Å². The van der Waals surface area contributed by atoms with Gasteiger partial charge in [0.2, 0.25) is 11.8 Å². The van der Waals surface area contributed by atoms with E-state index in [4.69, 9.17) is 4.74 Å². The first-order valence-electron chi connectivity index (χ1n) is 9.93. The molecule has 0 unspecified atom stereocenters. The van der Waals surface area contributed by atoms with Crippen LogP contribution in [0.15, 0.2) is 18.6 Å². The molecule has 0 spiro atoms. The topological polar surface area (TPSA) is 93.1 Å². The molecule has 0 aromatic carbocycles. The lowest BCUT2D eigenvalue weighted by atomic mass is 9.94. The molecule has 0 bridgehead atoms. The molecule has 0 amide bonds. The second-order valence-electron chi connectivity index (χ2n) is 8.11. The number of imidazole rings is 1. The minimum absolute atomic E-state index is 0.352. The number of hydrogen-bond donors (Lipinski definition) is 1. The van der Waals surface area contributed by atoms with E-state index in [0.717, 1.165) is 23.3 Å². The molecule has 31 heavy (non-hydrogen) atoms. The Hall–Kier alpha value is -3.48. The predicted octanol–water partition coefficient (Wildman–Crippen LogP) is 3.65. The molecule has 162 valence electrons. The molecule has 1 aliphatic rings. The van der Waals surface area contributed by atoms with Gasteiger partial charge in [-0.15, -0.1) is 5.10 Å². The van der Waals surface area contributed by atoms with Gasteiger partial charge in [-0.3, -0.25) is 0 Å². The molecule has 0 aliphatic heterocycles. The van der Waals surface area contributed by atoms with E-state index >= 15 is 0 Å². The highest BCUT2D eigenvalue weighted by Gasteiger charge is 2.23. The summed E-state index contributed by atoms with van der Waals surface area (Å²) in [4.78, 5) is 8.74. The summed E-state index contributed by atoms with van der Waals surface area (Å²) in [6.07, 6.45) is 4.13. The largest absolute Gasteiger partial charge is 0.479 e. The summed E-state index contributed by atoms with van der Waals surface area (Å²) in [6, 6.07) is 4.15. The number of hydrogen-bond acceptors (Lipinski definition) is 6. The van der Waals surface area contributed by atoms with Crippen molar-refractivity contribution in [2.45, 2.75) is 39.7 Å². The molecule has 0 fully saturated rings. The number of fused-ring (bicyclic) bond motifs is 2. The minimum atomic E-state index is -2.45. The highest BCUT2D eigenvalue weighted by atomic mass is 19.3. The van der Waals surface area contributed by atoms with Crippen LogP contribution in [0.1, 0.15) is 37.2 Å². The Kier molecular flexibility index (Phi) is 5.35. The second-order valence-corrected chi connectivity index (χ2v) is 8.11. The Labute approximate surface area is 178 Å². The number of halogens is 2. The summed E-state index contributed by atoms with van der Waals surface area (Å²) >= 11 is 0. The third-order valence-corrected chi connectivity index (χ3v) is 5.24. The van der Waals surface area contributed by atoms with Gasteiger partial charge >= 0.3 is 0 Å². The Morgan fingerprint density at radius 2 is 2.16 bits per heavy atom. The van der Waals surface area contributed by atoms with Crippen LogP contribution >= 0.6 is 0 Å². The summed E-state index contributed by atoms with van der Waals surface area (Å²) in [6.45, 7) is 3.65. The molecular weight excluding hydrogens is 404 g/mol. The van der Waals surface area contributed by atoms with Gasteiger partial charge in [-0.2, -0.15) is 10.2 Å². The Morgan fingerprint density at radius 1 is 1.35 bits per heavy atom. The summed E-state index contributed by atoms with van der Waals surface area (Å²) in [5.74, 6) is 0.741. The lowest BCUT2D eigenvalue weighted by Gasteiger charge is -2.17. The number of rotatable bonds is 7. The molecule has 3 aromatic rings. The molecule has 8 nitrogen and oxygen atoms in total. The van der Waals surface area contributed by atoms with Crippen molar-refractivity contribution in [1.29, 1.82) is 5.26 Å². The van der Waals surface area contributed by atoms with Crippen LogP contribution in [-0.4, -0.2) is 44.2 Å². The standard InChI is InChI=1S/C21H23F2N7O/c1-21(2,10-24)11-25-20-27-19(31-3)18-14(6-7-30(18)28-20)13-4-5-15-16(8-13)29(12-26-15)9-17(22)23/h6-8,12,17H,4-5,9,11H2,1-3H3,(H,25,28). The number of nitrogens with one attached hydrogen (secondary N) is 1. The van der Waals surface area contributed by atoms with E-state index in [0.29, 0.717) is 36.0 Å². The van der Waals surface area contributed by atoms with Crippen molar-refractivity contribution in [3.05, 3.63) is 35.5 Å². The molecule has 4 rings (SSSR count). The number of nitriles is 1. The van der Waals surface area contributed by atoms with E-state index in [-0.39, 0.29) is 6.54 Å². The van der Waals surface area contributed by atoms with E-state index < -0.39 is 11.8 Å². The van der Waals surface area contributed by atoms with Gasteiger partial charge in [0.25, 0.3) is 6.43 Å². The molecule has 0 atom stereocenters.